The first-order valence-corrected chi connectivity index (χ1v) is 14.1. The van der Waals surface area contributed by atoms with Crippen LogP contribution in [-0.4, -0.2) is 42.3 Å². The molecule has 1 saturated carbocycles. The van der Waals surface area contributed by atoms with Gasteiger partial charge in [0.1, 0.15) is 6.10 Å². The van der Waals surface area contributed by atoms with Crippen LogP contribution < -0.4 is 0 Å². The van der Waals surface area contributed by atoms with Crippen molar-refractivity contribution in [1.29, 1.82) is 0 Å². The Labute approximate surface area is 218 Å². The molecule has 5 heteroatoms. The minimum absolute atomic E-state index is 0.0164. The van der Waals surface area contributed by atoms with Crippen molar-refractivity contribution < 1.29 is 19.1 Å². The molecule has 4 atom stereocenters. The van der Waals surface area contributed by atoms with Crippen LogP contribution in [0.3, 0.4) is 0 Å². The van der Waals surface area contributed by atoms with Gasteiger partial charge >= 0.3 is 12.1 Å². The first-order chi connectivity index (χ1) is 17.5. The molecule has 1 aliphatic heterocycles. The first-order valence-electron chi connectivity index (χ1n) is 14.1. The summed E-state index contributed by atoms with van der Waals surface area (Å²) in [6, 6.07) is 6.25. The smallest absolute Gasteiger partial charge is 0.410 e. The summed E-state index contributed by atoms with van der Waals surface area (Å²) in [6.07, 6.45) is 20.1. The molecule has 0 aromatic heterocycles. The zero-order chi connectivity index (χ0) is 25.9. The van der Waals surface area contributed by atoms with E-state index >= 15 is 0 Å². The van der Waals surface area contributed by atoms with E-state index in [2.05, 4.69) is 38.0 Å². The standard InChI is InChI=1S/C24H39NO4.C7H6/c1-4-6-7-8-9-10-11-12-13-17-23(26)29-22-16-14-15-21-20(22)18-19(5-2)25(21)24(27)28-3;1-5-4-6-2-3-7(5)6/h2,19-22H,4,6-18H2,1,3H3;2-4H,1H3/t19?,20-,21-,22+;/m1./s1. The Morgan fingerprint density at radius 2 is 1.75 bits per heavy atom. The largest absolute Gasteiger partial charge is 0.462 e. The van der Waals surface area contributed by atoms with Crippen LogP contribution in [0.4, 0.5) is 4.79 Å². The maximum atomic E-state index is 12.4. The summed E-state index contributed by atoms with van der Waals surface area (Å²) in [5.74, 6) is 2.73. The summed E-state index contributed by atoms with van der Waals surface area (Å²) < 4.78 is 10.8. The number of hydrogen-bond acceptors (Lipinski definition) is 4. The van der Waals surface area contributed by atoms with E-state index in [-0.39, 0.29) is 36.2 Å². The number of hydrogen-bond donors (Lipinski definition) is 0. The topological polar surface area (TPSA) is 55.8 Å². The SMILES string of the molecule is C#CC1C[C@H]2[C@@H](OC(=O)CCCCCCCCCCC)CCC[C@H]2N1C(=O)OC.Cc1cc2ccc1-2. The lowest BCUT2D eigenvalue weighted by atomic mass is 9.82. The molecule has 0 bridgehead atoms. The van der Waals surface area contributed by atoms with Crippen molar-refractivity contribution in [2.75, 3.05) is 7.11 Å². The number of nitrogens with zero attached hydrogens (tertiary/aromatic N) is 1. The van der Waals surface area contributed by atoms with E-state index < -0.39 is 0 Å². The van der Waals surface area contributed by atoms with E-state index in [1.165, 1.54) is 68.7 Å². The minimum atomic E-state index is -0.373. The van der Waals surface area contributed by atoms with Crippen LogP contribution in [0.25, 0.3) is 11.1 Å². The van der Waals surface area contributed by atoms with Gasteiger partial charge in [-0.2, -0.15) is 0 Å². The fourth-order valence-corrected chi connectivity index (χ4v) is 5.91. The first kappa shape index (κ1) is 28.1. The number of ether oxygens (including phenoxy) is 2. The Hall–Kier alpha value is -2.48. The number of likely N-dealkylation sites (tertiary alicyclic amines) is 1. The molecule has 5 nitrogen and oxygen atoms in total. The highest BCUT2D eigenvalue weighted by Gasteiger charge is 2.49. The van der Waals surface area contributed by atoms with Gasteiger partial charge in [0.2, 0.25) is 0 Å². The van der Waals surface area contributed by atoms with Gasteiger partial charge in [-0.15, -0.1) is 6.42 Å². The van der Waals surface area contributed by atoms with Crippen molar-refractivity contribution in [1.82, 2.24) is 4.90 Å². The van der Waals surface area contributed by atoms with Gasteiger partial charge in [0.05, 0.1) is 13.2 Å². The second-order valence-electron chi connectivity index (χ2n) is 10.6. The molecule has 0 aromatic rings. The van der Waals surface area contributed by atoms with Crippen molar-refractivity contribution in [3.05, 3.63) is 23.8 Å². The summed E-state index contributed by atoms with van der Waals surface area (Å²) in [7, 11) is 1.38. The van der Waals surface area contributed by atoms with Gasteiger partial charge < -0.3 is 9.47 Å². The molecule has 0 N–H and O–H groups in total. The normalized spacial score (nSPS) is 23.1. The molecule has 4 rings (SSSR count). The molecule has 0 radical (unpaired) electrons. The van der Waals surface area contributed by atoms with Gasteiger partial charge in [0, 0.05) is 18.4 Å². The fourth-order valence-electron chi connectivity index (χ4n) is 5.91. The van der Waals surface area contributed by atoms with E-state index in [0.29, 0.717) is 12.8 Å². The Kier molecular flexibility index (Phi) is 11.2. The number of amides is 1. The number of benzene rings is 1. The molecule has 4 aliphatic rings. The van der Waals surface area contributed by atoms with E-state index in [0.717, 1.165) is 32.1 Å². The highest BCUT2D eigenvalue weighted by Crippen LogP contribution is 2.41. The summed E-state index contributed by atoms with van der Waals surface area (Å²) in [5, 5.41) is 0. The van der Waals surface area contributed by atoms with Crippen LogP contribution >= 0.6 is 0 Å². The maximum absolute atomic E-state index is 12.4. The van der Waals surface area contributed by atoms with Crippen molar-refractivity contribution in [2.45, 2.75) is 122 Å². The van der Waals surface area contributed by atoms with E-state index in [9.17, 15) is 9.59 Å². The molecular formula is C31H45NO4. The number of fused-ring (bicyclic) bond motifs is 2. The minimum Gasteiger partial charge on any atom is -0.462 e. The van der Waals surface area contributed by atoms with E-state index in [4.69, 9.17) is 15.9 Å². The lowest BCUT2D eigenvalue weighted by Gasteiger charge is -2.36. The second-order valence-corrected chi connectivity index (χ2v) is 10.6. The fraction of sp³-hybridized carbons (Fsp3) is 0.677. The zero-order valence-corrected chi connectivity index (χ0v) is 22.6. The van der Waals surface area contributed by atoms with Crippen molar-refractivity contribution >= 4 is 12.1 Å². The van der Waals surface area contributed by atoms with Crippen molar-refractivity contribution in [3.63, 3.8) is 0 Å². The van der Waals surface area contributed by atoms with Crippen molar-refractivity contribution in [3.8, 4) is 23.5 Å². The van der Waals surface area contributed by atoms with Gasteiger partial charge in [-0.05, 0) is 55.7 Å². The molecule has 3 aliphatic carbocycles. The lowest BCUT2D eigenvalue weighted by Crippen LogP contribution is -2.46. The maximum Gasteiger partial charge on any atom is 0.410 e. The third-order valence-electron chi connectivity index (χ3n) is 8.03. The van der Waals surface area contributed by atoms with Crippen LogP contribution in [0, 0.1) is 25.2 Å². The highest BCUT2D eigenvalue weighted by molar-refractivity contribution is 5.80. The average Bonchev–Trinajstić information content (AvgIpc) is 3.26. The van der Waals surface area contributed by atoms with Gasteiger partial charge in [-0.25, -0.2) is 4.79 Å². The van der Waals surface area contributed by atoms with Gasteiger partial charge in [-0.1, -0.05) is 82.4 Å². The van der Waals surface area contributed by atoms with Gasteiger partial charge in [0.15, 0.2) is 0 Å². The molecule has 0 aromatic carbocycles. The quantitative estimate of drug-likeness (QED) is 0.185. The van der Waals surface area contributed by atoms with Crippen LogP contribution in [0.1, 0.15) is 102 Å². The summed E-state index contributed by atoms with van der Waals surface area (Å²) >= 11 is 0. The van der Waals surface area contributed by atoms with Crippen LogP contribution in [0.2, 0.25) is 0 Å². The number of methoxy groups -OCH3 is 1. The second kappa shape index (κ2) is 14.3. The predicted molar refractivity (Wildman–Crippen MR) is 145 cm³/mol. The molecule has 198 valence electrons. The number of carbonyl (C=O) groups is 2. The number of aryl methyl sites for hydroxylation is 1. The molecule has 1 heterocycles. The molecule has 0 spiro atoms. The number of unbranched alkanes of at least 4 members (excludes halogenated alkanes) is 8. The highest BCUT2D eigenvalue weighted by atomic mass is 16.5. The molecule has 36 heavy (non-hydrogen) atoms. The zero-order valence-electron chi connectivity index (χ0n) is 22.6. The van der Waals surface area contributed by atoms with Crippen LogP contribution in [-0.2, 0) is 14.3 Å². The van der Waals surface area contributed by atoms with Crippen LogP contribution in [0.15, 0.2) is 18.2 Å². The van der Waals surface area contributed by atoms with Gasteiger partial charge in [-0.3, -0.25) is 9.69 Å². The Bertz CT molecular complexity index is 904. The average molecular weight is 496 g/mol. The monoisotopic (exact) mass is 495 g/mol. The van der Waals surface area contributed by atoms with Gasteiger partial charge in [0.25, 0.3) is 0 Å². The molecule has 1 amide bonds. The molecule has 2 fully saturated rings. The Balaban J connectivity index is 0.000000433. The number of esters is 1. The van der Waals surface area contributed by atoms with E-state index in [1.807, 2.05) is 0 Å². The van der Waals surface area contributed by atoms with Crippen molar-refractivity contribution in [2.24, 2.45) is 5.92 Å². The third-order valence-corrected chi connectivity index (χ3v) is 8.03. The molecule has 1 saturated heterocycles. The van der Waals surface area contributed by atoms with Crippen LogP contribution in [0.5, 0.6) is 0 Å². The molecule has 1 unspecified atom stereocenters. The third kappa shape index (κ3) is 7.28. The van der Waals surface area contributed by atoms with E-state index in [1.54, 1.807) is 4.90 Å². The summed E-state index contributed by atoms with van der Waals surface area (Å²) in [5.41, 5.74) is 4.36. The number of carbonyl (C=O) groups excluding carboxylic acids is 2. The summed E-state index contributed by atoms with van der Waals surface area (Å²) in [4.78, 5) is 26.2. The Morgan fingerprint density at radius 3 is 2.25 bits per heavy atom. The predicted octanol–water partition coefficient (Wildman–Crippen LogP) is 7.44. The number of rotatable bonds is 11. The lowest BCUT2D eigenvalue weighted by molar-refractivity contribution is -0.154. The summed E-state index contributed by atoms with van der Waals surface area (Å²) in [6.45, 7) is 4.38. The Morgan fingerprint density at radius 1 is 1.06 bits per heavy atom. The number of terminal acetylenes is 1. The molecular weight excluding hydrogens is 450 g/mol.